The quantitative estimate of drug-likeness (QED) is 0.662. The molecule has 1 aromatic carbocycles. The van der Waals surface area contributed by atoms with Crippen molar-refractivity contribution >= 4 is 17.5 Å². The van der Waals surface area contributed by atoms with Crippen LogP contribution in [0.1, 0.15) is 60.1 Å². The van der Waals surface area contributed by atoms with Crippen LogP contribution in [0.5, 0.6) is 11.5 Å². The third-order valence-electron chi connectivity index (χ3n) is 6.49. The van der Waals surface area contributed by atoms with Crippen molar-refractivity contribution in [3.05, 3.63) is 52.3 Å². The molecule has 0 saturated heterocycles. The molecule has 6 heteroatoms. The Morgan fingerprint density at radius 1 is 1.21 bits per heavy atom. The van der Waals surface area contributed by atoms with Crippen molar-refractivity contribution in [1.82, 2.24) is 9.88 Å². The lowest BCUT2D eigenvalue weighted by atomic mass is 9.71. The number of fused-ring (bicyclic) bond motifs is 3. The maximum absolute atomic E-state index is 13.4. The van der Waals surface area contributed by atoms with E-state index in [9.17, 15) is 4.79 Å². The molecule has 1 amide bonds. The summed E-state index contributed by atoms with van der Waals surface area (Å²) in [6.07, 6.45) is 6.12. The second kappa shape index (κ2) is 6.66. The van der Waals surface area contributed by atoms with Crippen LogP contribution in [0.15, 0.2) is 30.5 Å². The molecule has 1 unspecified atom stereocenters. The molecule has 1 aromatic heterocycles. The third-order valence-corrected chi connectivity index (χ3v) is 6.79. The van der Waals surface area contributed by atoms with Crippen LogP contribution in [0.2, 0.25) is 5.15 Å². The van der Waals surface area contributed by atoms with E-state index < -0.39 is 0 Å². The summed E-state index contributed by atoms with van der Waals surface area (Å²) in [7, 11) is 0. The second-order valence-corrected chi connectivity index (χ2v) is 8.38. The van der Waals surface area contributed by atoms with Gasteiger partial charge in [-0.05, 0) is 55.2 Å². The number of ether oxygens (including phenoxy) is 2. The van der Waals surface area contributed by atoms with Gasteiger partial charge < -0.3 is 14.4 Å². The summed E-state index contributed by atoms with van der Waals surface area (Å²) >= 11 is 6.24. The van der Waals surface area contributed by atoms with Gasteiger partial charge in [0.2, 0.25) is 0 Å². The molecule has 2 aromatic rings. The molecule has 1 fully saturated rings. The molecule has 1 saturated carbocycles. The minimum atomic E-state index is -0.0687. The van der Waals surface area contributed by atoms with Crippen molar-refractivity contribution < 1.29 is 14.3 Å². The molecule has 3 heterocycles. The molecule has 0 radical (unpaired) electrons. The van der Waals surface area contributed by atoms with E-state index in [1.807, 2.05) is 4.90 Å². The number of carbonyl (C=O) groups is 1. The number of aromatic nitrogens is 1. The SMILES string of the molecule is CC1c2cc3c(cc2C2(CCCC2)CN1C(=O)c1cccnc1Cl)OCCO3. The zero-order valence-corrected chi connectivity index (χ0v) is 16.7. The average Bonchev–Trinajstić information content (AvgIpc) is 3.19. The number of hydrogen-bond acceptors (Lipinski definition) is 4. The Balaban J connectivity index is 1.62. The zero-order valence-electron chi connectivity index (χ0n) is 15.9. The number of carbonyl (C=O) groups excluding carboxylic acids is 1. The summed E-state index contributed by atoms with van der Waals surface area (Å²) in [4.78, 5) is 19.5. The van der Waals surface area contributed by atoms with Crippen molar-refractivity contribution in [2.75, 3.05) is 19.8 Å². The monoisotopic (exact) mass is 398 g/mol. The van der Waals surface area contributed by atoms with Gasteiger partial charge in [-0.3, -0.25) is 4.79 Å². The maximum Gasteiger partial charge on any atom is 0.257 e. The smallest absolute Gasteiger partial charge is 0.257 e. The van der Waals surface area contributed by atoms with E-state index in [0.29, 0.717) is 25.3 Å². The van der Waals surface area contributed by atoms with Gasteiger partial charge in [-0.1, -0.05) is 24.4 Å². The van der Waals surface area contributed by atoms with Crippen molar-refractivity contribution in [2.24, 2.45) is 0 Å². The molecule has 28 heavy (non-hydrogen) atoms. The van der Waals surface area contributed by atoms with Gasteiger partial charge in [-0.15, -0.1) is 0 Å². The lowest BCUT2D eigenvalue weighted by Gasteiger charge is -2.46. The van der Waals surface area contributed by atoms with Crippen molar-refractivity contribution in [3.63, 3.8) is 0 Å². The summed E-state index contributed by atoms with van der Waals surface area (Å²) in [5.41, 5.74) is 2.92. The molecule has 2 aliphatic heterocycles. The van der Waals surface area contributed by atoms with Crippen LogP contribution in [0, 0.1) is 0 Å². The molecule has 0 N–H and O–H groups in total. The lowest BCUT2D eigenvalue weighted by Crippen LogP contribution is -2.48. The third kappa shape index (κ3) is 2.67. The van der Waals surface area contributed by atoms with Gasteiger partial charge >= 0.3 is 0 Å². The first kappa shape index (κ1) is 17.8. The van der Waals surface area contributed by atoms with E-state index in [-0.39, 0.29) is 22.5 Å². The van der Waals surface area contributed by atoms with Crippen LogP contribution >= 0.6 is 11.6 Å². The number of pyridine rings is 1. The van der Waals surface area contributed by atoms with Crippen molar-refractivity contribution in [1.29, 1.82) is 0 Å². The highest BCUT2D eigenvalue weighted by molar-refractivity contribution is 6.32. The molecule has 1 atom stereocenters. The Hall–Kier alpha value is -2.27. The molecule has 0 bridgehead atoms. The van der Waals surface area contributed by atoms with Crippen LogP contribution in [0.3, 0.4) is 0 Å². The summed E-state index contributed by atoms with van der Waals surface area (Å²) in [6, 6.07) is 7.70. The van der Waals surface area contributed by atoms with Gasteiger partial charge in [0.1, 0.15) is 18.4 Å². The number of rotatable bonds is 1. The molecule has 3 aliphatic rings. The summed E-state index contributed by atoms with van der Waals surface area (Å²) in [5.74, 6) is 1.55. The molecule has 146 valence electrons. The number of benzene rings is 1. The van der Waals surface area contributed by atoms with Crippen molar-refractivity contribution in [3.8, 4) is 11.5 Å². The zero-order chi connectivity index (χ0) is 19.3. The summed E-state index contributed by atoms with van der Waals surface area (Å²) in [5, 5.41) is 0.258. The van der Waals surface area contributed by atoms with Gasteiger partial charge in [0.05, 0.1) is 11.6 Å². The van der Waals surface area contributed by atoms with E-state index in [2.05, 4.69) is 24.0 Å². The molecular formula is C22H23ClN2O3. The van der Waals surface area contributed by atoms with Crippen LogP contribution < -0.4 is 9.47 Å². The van der Waals surface area contributed by atoms with Gasteiger partial charge in [-0.25, -0.2) is 4.98 Å². The molecule has 1 spiro atoms. The fourth-order valence-corrected chi connectivity index (χ4v) is 5.25. The first-order valence-corrected chi connectivity index (χ1v) is 10.3. The Morgan fingerprint density at radius 2 is 1.93 bits per heavy atom. The van der Waals surface area contributed by atoms with Crippen LogP contribution in [-0.2, 0) is 5.41 Å². The minimum absolute atomic E-state index is 0.0258. The highest BCUT2D eigenvalue weighted by atomic mass is 35.5. The first-order valence-electron chi connectivity index (χ1n) is 9.95. The number of hydrogen-bond donors (Lipinski definition) is 0. The van der Waals surface area contributed by atoms with E-state index >= 15 is 0 Å². The fourth-order valence-electron chi connectivity index (χ4n) is 5.05. The highest BCUT2D eigenvalue weighted by Gasteiger charge is 2.46. The van der Waals surface area contributed by atoms with Crippen LogP contribution in [0.4, 0.5) is 0 Å². The predicted octanol–water partition coefficient (Wildman–Crippen LogP) is 4.54. The fraction of sp³-hybridized carbons (Fsp3) is 0.455. The lowest BCUT2D eigenvalue weighted by molar-refractivity contribution is 0.0593. The van der Waals surface area contributed by atoms with Gasteiger partial charge in [0, 0.05) is 18.2 Å². The van der Waals surface area contributed by atoms with E-state index in [4.69, 9.17) is 21.1 Å². The van der Waals surface area contributed by atoms with E-state index in [0.717, 1.165) is 29.9 Å². The molecule has 5 nitrogen and oxygen atoms in total. The Morgan fingerprint density at radius 3 is 2.64 bits per heavy atom. The molecule has 5 rings (SSSR count). The van der Waals surface area contributed by atoms with Crippen LogP contribution in [0.25, 0.3) is 0 Å². The largest absolute Gasteiger partial charge is 0.486 e. The summed E-state index contributed by atoms with van der Waals surface area (Å²) in [6.45, 7) is 3.92. The number of amides is 1. The standard InChI is InChI=1S/C22H23ClN2O3/c1-14-16-11-18-19(28-10-9-27-18)12-17(16)22(6-2-3-7-22)13-25(14)21(26)15-5-4-8-24-20(15)23/h4-5,8,11-12,14H,2-3,6-7,9-10,13H2,1H3. The Labute approximate surface area is 169 Å². The van der Waals surface area contributed by atoms with Crippen molar-refractivity contribution in [2.45, 2.75) is 44.1 Å². The normalized spacial score (nSPS) is 22.2. The molecule has 1 aliphatic carbocycles. The average molecular weight is 399 g/mol. The number of halogens is 1. The number of nitrogens with zero attached hydrogens (tertiary/aromatic N) is 2. The van der Waals surface area contributed by atoms with E-state index in [1.165, 1.54) is 18.4 Å². The summed E-state index contributed by atoms with van der Waals surface area (Å²) < 4.78 is 11.7. The molecular weight excluding hydrogens is 376 g/mol. The predicted molar refractivity (Wildman–Crippen MR) is 106 cm³/mol. The van der Waals surface area contributed by atoms with Gasteiger partial charge in [0.15, 0.2) is 11.5 Å². The first-order chi connectivity index (χ1) is 13.6. The minimum Gasteiger partial charge on any atom is -0.486 e. The Bertz CT molecular complexity index is 939. The van der Waals surface area contributed by atoms with Gasteiger partial charge in [0.25, 0.3) is 5.91 Å². The second-order valence-electron chi connectivity index (χ2n) is 8.02. The highest BCUT2D eigenvalue weighted by Crippen LogP contribution is 2.52. The topological polar surface area (TPSA) is 51.7 Å². The Kier molecular flexibility index (Phi) is 4.23. The van der Waals surface area contributed by atoms with Gasteiger partial charge in [-0.2, -0.15) is 0 Å². The van der Waals surface area contributed by atoms with E-state index in [1.54, 1.807) is 18.3 Å². The maximum atomic E-state index is 13.4. The van der Waals surface area contributed by atoms with Crippen LogP contribution in [-0.4, -0.2) is 35.5 Å².